The Morgan fingerprint density at radius 2 is 1.88 bits per heavy atom. The number of carbonyl (C=O) groups excluding carboxylic acids is 1. The number of ether oxygens (including phenoxy) is 1. The van der Waals surface area contributed by atoms with E-state index in [1.165, 1.54) is 0 Å². The van der Waals surface area contributed by atoms with E-state index in [0.29, 0.717) is 6.54 Å². The number of benzene rings is 2. The third-order valence-corrected chi connectivity index (χ3v) is 6.36. The summed E-state index contributed by atoms with van der Waals surface area (Å²) in [6.45, 7) is 6.40. The van der Waals surface area contributed by atoms with Crippen LogP contribution in [-0.4, -0.2) is 40.5 Å². The fourth-order valence-corrected chi connectivity index (χ4v) is 4.37. The molecule has 1 heterocycles. The predicted molar refractivity (Wildman–Crippen MR) is 133 cm³/mol. The summed E-state index contributed by atoms with van der Waals surface area (Å²) >= 11 is 0. The van der Waals surface area contributed by atoms with Crippen LogP contribution in [0.4, 0.5) is 5.69 Å². The molecule has 1 amide bonds. The van der Waals surface area contributed by atoms with Gasteiger partial charge in [-0.05, 0) is 54.8 Å². The monoisotopic (exact) mass is 442 g/mol. The van der Waals surface area contributed by atoms with Gasteiger partial charge in [-0.15, -0.1) is 0 Å². The van der Waals surface area contributed by atoms with Crippen LogP contribution >= 0.6 is 0 Å². The summed E-state index contributed by atoms with van der Waals surface area (Å²) in [4.78, 5) is 13.2. The molecule has 0 unspecified atom stereocenters. The highest BCUT2D eigenvalue weighted by atomic mass is 16.5. The van der Waals surface area contributed by atoms with Gasteiger partial charge in [-0.3, -0.25) is 4.79 Å². The molecule has 0 radical (unpaired) electrons. The SMILES string of the molecule is COc1ccc(C2(C(=O)Nc3ccc4c(c3)cc(C(C)(C)C)n4C[C@@H](O)CO)CC2)cc1.[HH].[HH].[HH]. The molecule has 1 fully saturated rings. The van der Waals surface area contributed by atoms with Crippen molar-refractivity contribution in [2.24, 2.45) is 0 Å². The van der Waals surface area contributed by atoms with Crippen molar-refractivity contribution < 1.29 is 24.0 Å². The van der Waals surface area contributed by atoms with Crippen molar-refractivity contribution in [3.8, 4) is 5.75 Å². The van der Waals surface area contributed by atoms with Crippen molar-refractivity contribution in [3.63, 3.8) is 0 Å². The Morgan fingerprint density at radius 1 is 1.19 bits per heavy atom. The van der Waals surface area contributed by atoms with Crippen molar-refractivity contribution in [3.05, 3.63) is 59.8 Å². The summed E-state index contributed by atoms with van der Waals surface area (Å²) in [5, 5.41) is 23.5. The molecule has 4 rings (SSSR count). The first kappa shape index (κ1) is 22.4. The number of carbonyl (C=O) groups is 1. The Labute approximate surface area is 193 Å². The Bertz CT molecular complexity index is 1140. The number of nitrogens with zero attached hydrogens (tertiary/aromatic N) is 1. The molecule has 0 bridgehead atoms. The molecule has 1 atom stereocenters. The highest BCUT2D eigenvalue weighted by Crippen LogP contribution is 2.49. The molecule has 0 aliphatic heterocycles. The zero-order valence-corrected chi connectivity index (χ0v) is 19.2. The number of fused-ring (bicyclic) bond motifs is 1. The number of aliphatic hydroxyl groups is 2. The third-order valence-electron chi connectivity index (χ3n) is 6.36. The van der Waals surface area contributed by atoms with E-state index in [1.807, 2.05) is 42.5 Å². The van der Waals surface area contributed by atoms with E-state index >= 15 is 0 Å². The van der Waals surface area contributed by atoms with E-state index in [9.17, 15) is 15.0 Å². The second-order valence-corrected chi connectivity index (χ2v) is 9.76. The van der Waals surface area contributed by atoms with E-state index in [4.69, 9.17) is 4.74 Å². The number of hydrogen-bond acceptors (Lipinski definition) is 4. The highest BCUT2D eigenvalue weighted by molar-refractivity contribution is 6.02. The summed E-state index contributed by atoms with van der Waals surface area (Å²) in [6, 6.07) is 15.7. The fourth-order valence-electron chi connectivity index (χ4n) is 4.37. The lowest BCUT2D eigenvalue weighted by Crippen LogP contribution is -2.27. The molecule has 0 saturated heterocycles. The van der Waals surface area contributed by atoms with Gasteiger partial charge in [-0.2, -0.15) is 0 Å². The van der Waals surface area contributed by atoms with Crippen LogP contribution in [0.1, 0.15) is 49.2 Å². The van der Waals surface area contributed by atoms with Gasteiger partial charge >= 0.3 is 0 Å². The quantitative estimate of drug-likeness (QED) is 0.495. The van der Waals surface area contributed by atoms with Crippen LogP contribution in [0.3, 0.4) is 0 Å². The average molecular weight is 443 g/mol. The van der Waals surface area contributed by atoms with Crippen molar-refractivity contribution >= 4 is 22.5 Å². The zero-order chi connectivity index (χ0) is 23.1. The summed E-state index contributed by atoms with van der Waals surface area (Å²) in [5.74, 6) is 0.786. The molecule has 3 N–H and O–H groups in total. The minimum Gasteiger partial charge on any atom is -0.497 e. The molecular weight excluding hydrogens is 404 g/mol. The molecule has 3 aromatic rings. The lowest BCUT2D eigenvalue weighted by molar-refractivity contribution is -0.118. The molecule has 1 saturated carbocycles. The Hall–Kier alpha value is -2.83. The second kappa shape index (κ2) is 8.26. The molecule has 1 aromatic heterocycles. The van der Waals surface area contributed by atoms with Gasteiger partial charge in [-0.25, -0.2) is 0 Å². The number of aromatic nitrogens is 1. The molecule has 176 valence electrons. The molecule has 2 aromatic carbocycles. The van der Waals surface area contributed by atoms with Crippen LogP contribution in [0.15, 0.2) is 48.5 Å². The molecule has 6 heteroatoms. The van der Waals surface area contributed by atoms with Crippen molar-refractivity contribution in [1.82, 2.24) is 4.57 Å². The first-order valence-electron chi connectivity index (χ1n) is 11.1. The van der Waals surface area contributed by atoms with Gasteiger partial charge in [0.05, 0.1) is 31.8 Å². The number of aliphatic hydroxyl groups excluding tert-OH is 2. The van der Waals surface area contributed by atoms with E-state index in [2.05, 4.69) is 36.7 Å². The van der Waals surface area contributed by atoms with E-state index in [0.717, 1.165) is 46.4 Å². The smallest absolute Gasteiger partial charge is 0.235 e. The number of nitrogens with one attached hydrogen (secondary N) is 1. The van der Waals surface area contributed by atoms with Crippen LogP contribution in [0.2, 0.25) is 0 Å². The van der Waals surface area contributed by atoms with E-state index in [1.54, 1.807) is 7.11 Å². The van der Waals surface area contributed by atoms with Crippen LogP contribution in [0.25, 0.3) is 10.9 Å². The van der Waals surface area contributed by atoms with Gasteiger partial charge in [0.15, 0.2) is 0 Å². The van der Waals surface area contributed by atoms with Crippen LogP contribution < -0.4 is 10.1 Å². The largest absolute Gasteiger partial charge is 0.497 e. The van der Waals surface area contributed by atoms with Crippen LogP contribution in [-0.2, 0) is 22.2 Å². The molecule has 0 spiro atoms. The lowest BCUT2D eigenvalue weighted by atomic mass is 9.92. The number of rotatable bonds is 7. The second-order valence-electron chi connectivity index (χ2n) is 9.76. The number of methoxy groups -OCH3 is 1. The van der Waals surface area contributed by atoms with E-state index in [-0.39, 0.29) is 22.2 Å². The lowest BCUT2D eigenvalue weighted by Gasteiger charge is -2.23. The molecule has 6 nitrogen and oxygen atoms in total. The first-order chi connectivity index (χ1) is 15.2. The van der Waals surface area contributed by atoms with Crippen molar-refractivity contribution in [2.75, 3.05) is 19.0 Å². The topological polar surface area (TPSA) is 83.7 Å². The summed E-state index contributed by atoms with van der Waals surface area (Å²) in [5.41, 5.74) is 3.19. The number of anilines is 1. The minimum atomic E-state index is -0.828. The third kappa shape index (κ3) is 4.12. The number of hydrogen-bond donors (Lipinski definition) is 3. The predicted octanol–water partition coefficient (Wildman–Crippen LogP) is 4.71. The molecule has 32 heavy (non-hydrogen) atoms. The van der Waals surface area contributed by atoms with E-state index < -0.39 is 11.5 Å². The normalized spacial score (nSPS) is 16.1. The van der Waals surface area contributed by atoms with Gasteiger partial charge in [0.1, 0.15) is 5.75 Å². The Morgan fingerprint density at radius 3 is 2.44 bits per heavy atom. The highest BCUT2D eigenvalue weighted by Gasteiger charge is 2.51. The molecule has 1 aliphatic rings. The Kier molecular flexibility index (Phi) is 5.77. The van der Waals surface area contributed by atoms with Crippen molar-refractivity contribution in [2.45, 2.75) is 57.1 Å². The van der Waals surface area contributed by atoms with Crippen LogP contribution in [0.5, 0.6) is 5.75 Å². The van der Waals surface area contributed by atoms with Crippen molar-refractivity contribution in [1.29, 1.82) is 0 Å². The maximum absolute atomic E-state index is 13.2. The van der Waals surface area contributed by atoms with Gasteiger partial charge in [0, 0.05) is 32.0 Å². The average Bonchev–Trinajstić information content (AvgIpc) is 3.50. The van der Waals surface area contributed by atoms with Gasteiger partial charge in [0.25, 0.3) is 0 Å². The summed E-state index contributed by atoms with van der Waals surface area (Å²) in [6.07, 6.45) is 0.832. The maximum Gasteiger partial charge on any atom is 0.235 e. The summed E-state index contributed by atoms with van der Waals surface area (Å²) < 4.78 is 7.29. The molecular formula is C26H38N2O4. The summed E-state index contributed by atoms with van der Waals surface area (Å²) in [7, 11) is 1.63. The zero-order valence-electron chi connectivity index (χ0n) is 19.2. The van der Waals surface area contributed by atoms with Gasteiger partial charge in [0.2, 0.25) is 5.91 Å². The first-order valence-corrected chi connectivity index (χ1v) is 11.1. The number of amides is 1. The minimum absolute atomic E-state index is 0. The van der Waals surface area contributed by atoms with Gasteiger partial charge in [-0.1, -0.05) is 32.9 Å². The fraction of sp³-hybridized carbons (Fsp3) is 0.423. The molecule has 1 aliphatic carbocycles. The standard InChI is InChI=1S/C26H32N2O4.3H2/c1-25(2,3)23-14-17-13-19(7-10-22(17)28(23)15-20(30)16-29)27-24(31)26(11-12-26)18-5-8-21(32-4)9-6-18;;;/h5-10,13-14,20,29-30H,11-12,15-16H2,1-4H3,(H,27,31);3*1H/t20-;;;/m1.../s1. The Balaban J connectivity index is 0.00000204. The van der Waals surface area contributed by atoms with Gasteiger partial charge < -0.3 is 24.8 Å². The van der Waals surface area contributed by atoms with Crippen LogP contribution in [0, 0.1) is 0 Å². The maximum atomic E-state index is 13.2.